The number of rotatable bonds is 1. The zero-order valence-corrected chi connectivity index (χ0v) is 6.68. The van der Waals surface area contributed by atoms with E-state index in [1.165, 1.54) is 11.3 Å². The molecule has 2 rings (SSSR count). The summed E-state index contributed by atoms with van der Waals surface area (Å²) >= 11 is 1.30. The van der Waals surface area contributed by atoms with Gasteiger partial charge in [-0.05, 0) is 0 Å². The largest absolute Gasteiger partial charge is 0.375 e. The van der Waals surface area contributed by atoms with Gasteiger partial charge in [-0.15, -0.1) is 11.3 Å². The van der Waals surface area contributed by atoms with Gasteiger partial charge in [-0.1, -0.05) is 0 Å². The molecule has 0 amide bonds. The van der Waals surface area contributed by atoms with E-state index in [1.807, 2.05) is 0 Å². The molecule has 0 spiro atoms. The summed E-state index contributed by atoms with van der Waals surface area (Å²) < 4.78 is 0. The van der Waals surface area contributed by atoms with E-state index in [2.05, 4.69) is 20.2 Å². The van der Waals surface area contributed by atoms with Crippen molar-refractivity contribution in [1.82, 2.24) is 20.2 Å². The number of hydrogen-bond acceptors (Lipinski definition) is 5. The standard InChI is InChI=1S/C5H5N5OS/c6-4-7-2(1-12-4)3-8-5(11)10-9-3/h1H,(H2,6,7)(H2,8,9,10,11). The molecule has 6 nitrogen and oxygen atoms in total. The van der Waals surface area contributed by atoms with Crippen molar-refractivity contribution >= 4 is 16.5 Å². The number of nitrogens with one attached hydrogen (secondary N) is 2. The monoisotopic (exact) mass is 183 g/mol. The molecule has 0 aliphatic carbocycles. The van der Waals surface area contributed by atoms with Gasteiger partial charge in [0.25, 0.3) is 0 Å². The van der Waals surface area contributed by atoms with E-state index in [0.29, 0.717) is 16.6 Å². The Labute approximate surface area is 70.5 Å². The molecule has 2 heterocycles. The minimum Gasteiger partial charge on any atom is -0.375 e. The van der Waals surface area contributed by atoms with Crippen molar-refractivity contribution in [2.24, 2.45) is 0 Å². The van der Waals surface area contributed by atoms with Crippen molar-refractivity contribution in [3.05, 3.63) is 15.9 Å². The SMILES string of the molecule is Nc1nc(-c2n[nH]c(=O)[nH]2)cs1. The molecule has 0 fully saturated rings. The summed E-state index contributed by atoms with van der Waals surface area (Å²) in [5.74, 6) is 0.410. The zero-order chi connectivity index (χ0) is 8.55. The van der Waals surface area contributed by atoms with Crippen molar-refractivity contribution in [1.29, 1.82) is 0 Å². The molecule has 7 heteroatoms. The number of thiazole rings is 1. The average molecular weight is 183 g/mol. The lowest BCUT2D eigenvalue weighted by Crippen LogP contribution is -2.00. The van der Waals surface area contributed by atoms with E-state index < -0.39 is 0 Å². The van der Waals surface area contributed by atoms with E-state index in [1.54, 1.807) is 5.38 Å². The second-order valence-electron chi connectivity index (χ2n) is 2.10. The Balaban J connectivity index is 2.50. The quantitative estimate of drug-likeness (QED) is 0.570. The van der Waals surface area contributed by atoms with E-state index in [-0.39, 0.29) is 5.69 Å². The number of nitrogens with two attached hydrogens (primary N) is 1. The molecule has 0 saturated carbocycles. The Bertz CT molecular complexity index is 440. The lowest BCUT2D eigenvalue weighted by Gasteiger charge is -1.83. The van der Waals surface area contributed by atoms with Crippen LogP contribution in [0.5, 0.6) is 0 Å². The minimum atomic E-state index is -0.350. The van der Waals surface area contributed by atoms with Crippen LogP contribution in [0.4, 0.5) is 5.13 Å². The molecular formula is C5H5N5OS. The molecule has 0 saturated heterocycles. The third kappa shape index (κ3) is 1.10. The number of hydrogen-bond donors (Lipinski definition) is 3. The summed E-state index contributed by atoms with van der Waals surface area (Å²) in [5.41, 5.74) is 5.63. The first-order valence-electron chi connectivity index (χ1n) is 3.12. The van der Waals surface area contributed by atoms with Crippen molar-refractivity contribution in [3.63, 3.8) is 0 Å². The fourth-order valence-corrected chi connectivity index (χ4v) is 1.34. The summed E-state index contributed by atoms with van der Waals surface area (Å²) in [6.07, 6.45) is 0. The van der Waals surface area contributed by atoms with E-state index in [4.69, 9.17) is 5.73 Å². The molecule has 4 N–H and O–H groups in total. The Hall–Kier alpha value is -1.63. The van der Waals surface area contributed by atoms with Gasteiger partial charge in [0.2, 0.25) is 0 Å². The van der Waals surface area contributed by atoms with Crippen LogP contribution in [0.3, 0.4) is 0 Å². The highest BCUT2D eigenvalue weighted by molar-refractivity contribution is 7.13. The van der Waals surface area contributed by atoms with Gasteiger partial charge in [-0.2, -0.15) is 5.10 Å². The predicted molar refractivity (Wildman–Crippen MR) is 44.7 cm³/mol. The normalized spacial score (nSPS) is 10.3. The molecule has 0 unspecified atom stereocenters. The van der Waals surface area contributed by atoms with Crippen LogP contribution < -0.4 is 11.4 Å². The topological polar surface area (TPSA) is 100 Å². The Morgan fingerprint density at radius 3 is 2.92 bits per heavy atom. The second kappa shape index (κ2) is 2.45. The van der Waals surface area contributed by atoms with Crippen LogP contribution in [-0.2, 0) is 0 Å². The predicted octanol–water partition coefficient (Wildman–Crippen LogP) is -0.196. The van der Waals surface area contributed by atoms with Crippen LogP contribution >= 0.6 is 11.3 Å². The average Bonchev–Trinajstić information content (AvgIpc) is 2.58. The molecule has 12 heavy (non-hydrogen) atoms. The fraction of sp³-hybridized carbons (Fsp3) is 0. The van der Waals surface area contributed by atoms with Gasteiger partial charge in [0.15, 0.2) is 11.0 Å². The van der Waals surface area contributed by atoms with E-state index in [9.17, 15) is 4.79 Å². The molecular weight excluding hydrogens is 178 g/mol. The highest BCUT2D eigenvalue weighted by atomic mass is 32.1. The molecule has 0 aliphatic rings. The lowest BCUT2D eigenvalue weighted by atomic mass is 10.5. The Morgan fingerprint density at radius 2 is 2.42 bits per heavy atom. The Kier molecular flexibility index (Phi) is 1.44. The van der Waals surface area contributed by atoms with Crippen LogP contribution in [0, 0.1) is 0 Å². The van der Waals surface area contributed by atoms with Crippen molar-refractivity contribution in [2.75, 3.05) is 5.73 Å². The maximum Gasteiger partial charge on any atom is 0.340 e. The first-order valence-corrected chi connectivity index (χ1v) is 4.00. The number of nitrogen functional groups attached to an aromatic ring is 1. The molecule has 0 aliphatic heterocycles. The first kappa shape index (κ1) is 7.04. The second-order valence-corrected chi connectivity index (χ2v) is 2.99. The third-order valence-electron chi connectivity index (χ3n) is 1.27. The number of H-pyrrole nitrogens is 2. The van der Waals surface area contributed by atoms with Crippen molar-refractivity contribution < 1.29 is 0 Å². The van der Waals surface area contributed by atoms with Gasteiger partial charge >= 0.3 is 5.69 Å². The van der Waals surface area contributed by atoms with Gasteiger partial charge in [-0.3, -0.25) is 4.98 Å². The minimum absolute atomic E-state index is 0.350. The summed E-state index contributed by atoms with van der Waals surface area (Å²) in [7, 11) is 0. The van der Waals surface area contributed by atoms with Crippen LogP contribution in [0.25, 0.3) is 11.5 Å². The molecule has 0 radical (unpaired) electrons. The molecule has 2 aromatic rings. The third-order valence-corrected chi connectivity index (χ3v) is 1.94. The maximum atomic E-state index is 10.6. The van der Waals surface area contributed by atoms with Crippen LogP contribution in [0.2, 0.25) is 0 Å². The lowest BCUT2D eigenvalue weighted by molar-refractivity contribution is 1.05. The molecule has 62 valence electrons. The summed E-state index contributed by atoms with van der Waals surface area (Å²) in [4.78, 5) is 17.1. The van der Waals surface area contributed by atoms with E-state index >= 15 is 0 Å². The number of anilines is 1. The van der Waals surface area contributed by atoms with Crippen molar-refractivity contribution in [3.8, 4) is 11.5 Å². The van der Waals surface area contributed by atoms with Crippen LogP contribution in [0.1, 0.15) is 0 Å². The highest BCUT2D eigenvalue weighted by Crippen LogP contribution is 2.17. The summed E-state index contributed by atoms with van der Waals surface area (Å²) in [6.45, 7) is 0. The molecule has 2 aromatic heterocycles. The Morgan fingerprint density at radius 1 is 1.58 bits per heavy atom. The van der Waals surface area contributed by atoms with Gasteiger partial charge in [0, 0.05) is 5.38 Å². The first-order chi connectivity index (χ1) is 5.75. The maximum absolute atomic E-state index is 10.6. The number of nitrogens with zero attached hydrogens (tertiary/aromatic N) is 2. The van der Waals surface area contributed by atoms with E-state index in [0.717, 1.165) is 0 Å². The van der Waals surface area contributed by atoms with Crippen LogP contribution in [0.15, 0.2) is 10.2 Å². The summed E-state index contributed by atoms with van der Waals surface area (Å²) in [6, 6.07) is 0. The molecule has 0 bridgehead atoms. The number of aromatic amines is 2. The van der Waals surface area contributed by atoms with Gasteiger partial charge in [0.1, 0.15) is 5.69 Å². The van der Waals surface area contributed by atoms with Crippen molar-refractivity contribution in [2.45, 2.75) is 0 Å². The summed E-state index contributed by atoms with van der Waals surface area (Å²) in [5, 5.41) is 8.11. The number of aromatic nitrogens is 4. The molecule has 0 aromatic carbocycles. The van der Waals surface area contributed by atoms with Gasteiger partial charge in [-0.25, -0.2) is 14.9 Å². The van der Waals surface area contributed by atoms with Crippen LogP contribution in [-0.4, -0.2) is 20.2 Å². The van der Waals surface area contributed by atoms with Gasteiger partial charge in [0.05, 0.1) is 0 Å². The molecule has 0 atom stereocenters. The highest BCUT2D eigenvalue weighted by Gasteiger charge is 2.05. The van der Waals surface area contributed by atoms with Gasteiger partial charge < -0.3 is 5.73 Å². The fourth-order valence-electron chi connectivity index (χ4n) is 0.788. The zero-order valence-electron chi connectivity index (χ0n) is 5.87. The smallest absolute Gasteiger partial charge is 0.340 e.